The standard InChI is InChI=1S/C35H43N5O2S/c1-6-18-39(24-36-23-26-13-10-9-11-14-26)35(42)31(20-25(4)5)38-34(41)27-16-17-32-30(21-27)37-33(22-29-15-12-19-43-29)40(32)28(7-2)8-3/h6,9-17,19,21,24-25,28,31H,1,7-8,18,20,22-23H2,2-5H3,(H,38,41)/t31-/m0/s1. The van der Waals surface area contributed by atoms with E-state index in [1.54, 1.807) is 23.8 Å². The summed E-state index contributed by atoms with van der Waals surface area (Å²) in [5, 5.41) is 5.11. The Bertz CT molecular complexity index is 1520. The van der Waals surface area contributed by atoms with E-state index in [0.29, 0.717) is 31.1 Å². The highest BCUT2D eigenvalue weighted by Crippen LogP contribution is 2.28. The van der Waals surface area contributed by atoms with Crippen LogP contribution in [0.5, 0.6) is 0 Å². The van der Waals surface area contributed by atoms with Crippen molar-refractivity contribution in [2.75, 3.05) is 6.54 Å². The Morgan fingerprint density at radius 3 is 2.51 bits per heavy atom. The lowest BCUT2D eigenvalue weighted by molar-refractivity contribution is -0.129. The van der Waals surface area contributed by atoms with Crippen molar-refractivity contribution < 1.29 is 9.59 Å². The number of thiophene rings is 1. The van der Waals surface area contributed by atoms with Crippen LogP contribution < -0.4 is 5.32 Å². The highest BCUT2D eigenvalue weighted by molar-refractivity contribution is 7.09. The fourth-order valence-corrected chi connectivity index (χ4v) is 6.04. The van der Waals surface area contributed by atoms with E-state index < -0.39 is 6.04 Å². The third kappa shape index (κ3) is 8.29. The number of hydrogen-bond donors (Lipinski definition) is 1. The Morgan fingerprint density at radius 1 is 1.09 bits per heavy atom. The second-order valence-electron chi connectivity index (χ2n) is 11.2. The van der Waals surface area contributed by atoms with Crippen molar-refractivity contribution in [1.82, 2.24) is 19.8 Å². The van der Waals surface area contributed by atoms with Gasteiger partial charge in [-0.15, -0.1) is 17.9 Å². The van der Waals surface area contributed by atoms with Crippen molar-refractivity contribution in [1.29, 1.82) is 0 Å². The Kier molecular flexibility index (Phi) is 11.4. The number of hydrogen-bond acceptors (Lipinski definition) is 5. The van der Waals surface area contributed by atoms with E-state index in [1.165, 1.54) is 9.78 Å². The molecule has 0 aliphatic carbocycles. The maximum Gasteiger partial charge on any atom is 0.252 e. The SMILES string of the molecule is C=CCN(C=NCc1ccccc1)C(=O)[C@H](CC(C)C)NC(=O)c1ccc2c(c1)nc(Cc1cccs1)n2C(CC)CC. The molecule has 2 aromatic heterocycles. The zero-order valence-electron chi connectivity index (χ0n) is 25.7. The Labute approximate surface area is 259 Å². The van der Waals surface area contributed by atoms with Crippen LogP contribution in [0, 0.1) is 5.92 Å². The van der Waals surface area contributed by atoms with Gasteiger partial charge < -0.3 is 9.88 Å². The largest absolute Gasteiger partial charge is 0.340 e. The predicted octanol–water partition coefficient (Wildman–Crippen LogP) is 7.44. The molecule has 1 atom stereocenters. The van der Waals surface area contributed by atoms with Crippen LogP contribution in [-0.4, -0.2) is 45.2 Å². The van der Waals surface area contributed by atoms with Gasteiger partial charge in [-0.2, -0.15) is 0 Å². The fraction of sp³-hybridized carbons (Fsp3) is 0.371. The van der Waals surface area contributed by atoms with Crippen molar-refractivity contribution in [3.8, 4) is 0 Å². The van der Waals surface area contributed by atoms with E-state index in [9.17, 15) is 9.59 Å². The number of carbonyl (C=O) groups is 2. The first-order chi connectivity index (χ1) is 20.8. The fourth-order valence-electron chi connectivity index (χ4n) is 5.34. The molecule has 2 aromatic carbocycles. The highest BCUT2D eigenvalue weighted by Gasteiger charge is 2.27. The third-order valence-corrected chi connectivity index (χ3v) is 8.38. The summed E-state index contributed by atoms with van der Waals surface area (Å²) in [4.78, 5) is 39.6. The summed E-state index contributed by atoms with van der Waals surface area (Å²) in [6.45, 7) is 13.1. The van der Waals surface area contributed by atoms with Gasteiger partial charge in [-0.25, -0.2) is 4.98 Å². The minimum Gasteiger partial charge on any atom is -0.340 e. The van der Waals surface area contributed by atoms with Crippen LogP contribution in [0.2, 0.25) is 0 Å². The Hall–Kier alpha value is -4.04. The number of amides is 2. The second kappa shape index (κ2) is 15.4. The maximum absolute atomic E-state index is 13.7. The molecule has 0 aliphatic rings. The summed E-state index contributed by atoms with van der Waals surface area (Å²) in [6, 6.07) is 19.4. The molecule has 7 nitrogen and oxygen atoms in total. The molecule has 4 aromatic rings. The summed E-state index contributed by atoms with van der Waals surface area (Å²) in [5.41, 5.74) is 3.36. The van der Waals surface area contributed by atoms with Gasteiger partial charge in [0.2, 0.25) is 0 Å². The highest BCUT2D eigenvalue weighted by atomic mass is 32.1. The first kappa shape index (κ1) is 31.9. The van der Waals surface area contributed by atoms with Crippen LogP contribution in [0.15, 0.2) is 83.7 Å². The Morgan fingerprint density at radius 2 is 1.86 bits per heavy atom. The Balaban J connectivity index is 1.57. The van der Waals surface area contributed by atoms with Gasteiger partial charge in [-0.3, -0.25) is 19.5 Å². The molecule has 0 saturated heterocycles. The van der Waals surface area contributed by atoms with Crippen LogP contribution in [0.3, 0.4) is 0 Å². The minimum absolute atomic E-state index is 0.194. The van der Waals surface area contributed by atoms with E-state index in [0.717, 1.165) is 41.7 Å². The van der Waals surface area contributed by atoms with Gasteiger partial charge in [0.1, 0.15) is 11.9 Å². The lowest BCUT2D eigenvalue weighted by atomic mass is 10.0. The molecular formula is C35H43N5O2S. The van der Waals surface area contributed by atoms with Gasteiger partial charge in [0.05, 0.1) is 23.9 Å². The molecule has 0 spiro atoms. The number of aromatic nitrogens is 2. The van der Waals surface area contributed by atoms with Gasteiger partial charge in [-0.1, -0.05) is 70.2 Å². The van der Waals surface area contributed by atoms with Crippen molar-refractivity contribution in [2.24, 2.45) is 10.9 Å². The normalized spacial score (nSPS) is 12.3. The van der Waals surface area contributed by atoms with E-state index in [-0.39, 0.29) is 17.7 Å². The van der Waals surface area contributed by atoms with Crippen molar-refractivity contribution in [2.45, 2.75) is 72.0 Å². The summed E-state index contributed by atoms with van der Waals surface area (Å²) >= 11 is 1.73. The average molecular weight is 598 g/mol. The number of nitrogens with one attached hydrogen (secondary N) is 1. The lowest BCUT2D eigenvalue weighted by Gasteiger charge is -2.25. The van der Waals surface area contributed by atoms with Crippen LogP contribution in [0.25, 0.3) is 11.0 Å². The van der Waals surface area contributed by atoms with Gasteiger partial charge in [0, 0.05) is 29.4 Å². The van der Waals surface area contributed by atoms with Crippen LogP contribution >= 0.6 is 11.3 Å². The molecule has 0 radical (unpaired) electrons. The number of benzene rings is 2. The molecule has 4 rings (SSSR count). The number of aliphatic imine (C=N–C) groups is 1. The molecule has 0 bridgehead atoms. The van der Waals surface area contributed by atoms with Crippen LogP contribution in [0.1, 0.15) is 79.6 Å². The molecular weight excluding hydrogens is 554 g/mol. The van der Waals surface area contributed by atoms with Crippen molar-refractivity contribution >= 4 is 40.5 Å². The molecule has 43 heavy (non-hydrogen) atoms. The van der Waals surface area contributed by atoms with Gasteiger partial charge >= 0.3 is 0 Å². The van der Waals surface area contributed by atoms with Crippen molar-refractivity contribution in [3.05, 3.63) is 101 Å². The molecule has 0 unspecified atom stereocenters. The predicted molar refractivity (Wildman–Crippen MR) is 178 cm³/mol. The number of imidazole rings is 1. The molecule has 2 amide bonds. The van der Waals surface area contributed by atoms with E-state index in [2.05, 4.69) is 52.8 Å². The number of nitrogens with zero attached hydrogens (tertiary/aromatic N) is 4. The van der Waals surface area contributed by atoms with Gasteiger partial charge in [-0.05, 0) is 60.4 Å². The summed E-state index contributed by atoms with van der Waals surface area (Å²) in [5.74, 6) is 0.694. The number of rotatable bonds is 15. The van der Waals surface area contributed by atoms with Gasteiger partial charge in [0.15, 0.2) is 0 Å². The smallest absolute Gasteiger partial charge is 0.252 e. The number of carbonyl (C=O) groups excluding carboxylic acids is 2. The molecule has 8 heteroatoms. The monoisotopic (exact) mass is 597 g/mol. The zero-order valence-corrected chi connectivity index (χ0v) is 26.5. The van der Waals surface area contributed by atoms with Crippen LogP contribution in [0.4, 0.5) is 0 Å². The zero-order chi connectivity index (χ0) is 30.8. The molecule has 0 saturated carbocycles. The summed E-state index contributed by atoms with van der Waals surface area (Å²) in [6.07, 6.45) is 6.47. The summed E-state index contributed by atoms with van der Waals surface area (Å²) < 4.78 is 2.34. The minimum atomic E-state index is -0.706. The third-order valence-electron chi connectivity index (χ3n) is 7.50. The lowest BCUT2D eigenvalue weighted by Crippen LogP contribution is -2.49. The molecule has 0 aliphatic heterocycles. The maximum atomic E-state index is 13.7. The van der Waals surface area contributed by atoms with Gasteiger partial charge in [0.25, 0.3) is 11.8 Å². The molecule has 2 heterocycles. The van der Waals surface area contributed by atoms with Crippen LogP contribution in [-0.2, 0) is 17.8 Å². The van der Waals surface area contributed by atoms with Crippen molar-refractivity contribution in [3.63, 3.8) is 0 Å². The van der Waals surface area contributed by atoms with E-state index in [4.69, 9.17) is 4.98 Å². The molecule has 0 fully saturated rings. The number of fused-ring (bicyclic) bond motifs is 1. The van der Waals surface area contributed by atoms with E-state index >= 15 is 0 Å². The topological polar surface area (TPSA) is 79.6 Å². The molecule has 1 N–H and O–H groups in total. The molecule has 226 valence electrons. The van der Waals surface area contributed by atoms with E-state index in [1.807, 2.05) is 62.4 Å². The second-order valence-corrected chi connectivity index (χ2v) is 12.2. The quantitative estimate of drug-likeness (QED) is 0.0879. The summed E-state index contributed by atoms with van der Waals surface area (Å²) in [7, 11) is 0. The first-order valence-electron chi connectivity index (χ1n) is 15.1. The average Bonchev–Trinajstić information content (AvgIpc) is 3.64. The first-order valence-corrected chi connectivity index (χ1v) is 16.0.